The number of carbonyl (C=O) groups excluding carboxylic acids is 1. The van der Waals surface area contributed by atoms with Crippen LogP contribution in [0, 0.1) is 11.8 Å². The van der Waals surface area contributed by atoms with Crippen LogP contribution in [0.15, 0.2) is 36.9 Å². The minimum atomic E-state index is -3.36. The number of hydrogen-bond donors (Lipinski definition) is 1. The number of carbonyl (C=O) groups is 1. The lowest BCUT2D eigenvalue weighted by atomic mass is 9.76. The highest BCUT2D eigenvalue weighted by atomic mass is 19.3. The van der Waals surface area contributed by atoms with Gasteiger partial charge in [-0.15, -0.1) is 6.58 Å². The number of rotatable bonds is 11. The predicted molar refractivity (Wildman–Crippen MR) is 110 cm³/mol. The van der Waals surface area contributed by atoms with Crippen LogP contribution in [-0.2, 0) is 5.60 Å². The Labute approximate surface area is 172 Å². The highest BCUT2D eigenvalue weighted by Crippen LogP contribution is 2.40. The quantitative estimate of drug-likeness (QED) is 0.329. The standard InChI is InChI=1S/C24H33F3O2/c1-3-16-24(26,27)23(2,29)21-12-9-20(10-13-21)22(28)14-11-19(15-17-25)18-7-5-4-6-8-18/h3,9-10,12-13,18-19,29H,1,4-8,11,14-17H2,2H3/t19?,23-/m0/s1. The summed E-state index contributed by atoms with van der Waals surface area (Å²) in [5.41, 5.74) is -1.87. The Morgan fingerprint density at radius 1 is 1.21 bits per heavy atom. The molecule has 0 radical (unpaired) electrons. The molecule has 5 heteroatoms. The molecule has 0 spiro atoms. The van der Waals surface area contributed by atoms with Crippen molar-refractivity contribution in [3.05, 3.63) is 48.0 Å². The third-order valence-corrected chi connectivity index (χ3v) is 6.42. The van der Waals surface area contributed by atoms with Crippen molar-refractivity contribution in [1.29, 1.82) is 0 Å². The van der Waals surface area contributed by atoms with Gasteiger partial charge >= 0.3 is 0 Å². The molecule has 0 heterocycles. The normalized spacial score (nSPS) is 18.8. The van der Waals surface area contributed by atoms with Crippen LogP contribution < -0.4 is 0 Å². The van der Waals surface area contributed by atoms with Crippen molar-refractivity contribution >= 4 is 5.78 Å². The van der Waals surface area contributed by atoms with E-state index >= 15 is 0 Å². The molecular formula is C24H33F3O2. The smallest absolute Gasteiger partial charge is 0.283 e. The molecule has 29 heavy (non-hydrogen) atoms. The van der Waals surface area contributed by atoms with Gasteiger partial charge in [-0.1, -0.05) is 62.4 Å². The molecule has 1 aromatic carbocycles. The Bertz CT molecular complexity index is 661. The first kappa shape index (κ1) is 23.7. The summed E-state index contributed by atoms with van der Waals surface area (Å²) >= 11 is 0. The van der Waals surface area contributed by atoms with Gasteiger partial charge in [-0.3, -0.25) is 9.18 Å². The van der Waals surface area contributed by atoms with Crippen molar-refractivity contribution in [2.24, 2.45) is 11.8 Å². The highest BCUT2D eigenvalue weighted by molar-refractivity contribution is 5.96. The molecule has 1 aliphatic rings. The molecule has 0 amide bonds. The molecule has 0 aromatic heterocycles. The van der Waals surface area contributed by atoms with Gasteiger partial charge < -0.3 is 5.11 Å². The number of Topliss-reactive ketones (excluding diaryl/α,β-unsaturated/α-hetero) is 1. The third kappa shape index (κ3) is 5.94. The second-order valence-electron chi connectivity index (χ2n) is 8.44. The summed E-state index contributed by atoms with van der Waals surface area (Å²) in [4.78, 5) is 12.6. The molecule has 1 unspecified atom stereocenters. The molecular weight excluding hydrogens is 377 g/mol. The molecule has 0 bridgehead atoms. The van der Waals surface area contributed by atoms with Crippen LogP contribution >= 0.6 is 0 Å². The zero-order valence-corrected chi connectivity index (χ0v) is 17.3. The molecule has 1 aromatic rings. The topological polar surface area (TPSA) is 37.3 Å². The molecule has 1 N–H and O–H groups in total. The molecule has 162 valence electrons. The van der Waals surface area contributed by atoms with Crippen molar-refractivity contribution in [2.45, 2.75) is 76.2 Å². The Morgan fingerprint density at radius 3 is 2.38 bits per heavy atom. The van der Waals surface area contributed by atoms with Gasteiger partial charge in [-0.25, -0.2) is 8.78 Å². The van der Waals surface area contributed by atoms with Crippen LogP contribution in [0.2, 0.25) is 0 Å². The summed E-state index contributed by atoms with van der Waals surface area (Å²) in [6.07, 6.45) is 7.73. The fourth-order valence-electron chi connectivity index (χ4n) is 4.39. The van der Waals surface area contributed by atoms with Crippen LogP contribution in [-0.4, -0.2) is 23.5 Å². The molecule has 0 aliphatic heterocycles. The minimum absolute atomic E-state index is 0.0541. The maximum absolute atomic E-state index is 14.2. The summed E-state index contributed by atoms with van der Waals surface area (Å²) in [6.45, 7) is 4.02. The van der Waals surface area contributed by atoms with Gasteiger partial charge in [0.25, 0.3) is 5.92 Å². The van der Waals surface area contributed by atoms with E-state index in [4.69, 9.17) is 0 Å². The maximum Gasteiger partial charge on any atom is 0.283 e. The second-order valence-corrected chi connectivity index (χ2v) is 8.44. The van der Waals surface area contributed by atoms with Gasteiger partial charge in [0.2, 0.25) is 0 Å². The van der Waals surface area contributed by atoms with E-state index in [9.17, 15) is 23.1 Å². The van der Waals surface area contributed by atoms with E-state index in [1.165, 1.54) is 43.5 Å². The van der Waals surface area contributed by atoms with Crippen molar-refractivity contribution < 1.29 is 23.1 Å². The Balaban J connectivity index is 2.01. The zero-order valence-electron chi connectivity index (χ0n) is 17.3. The van der Waals surface area contributed by atoms with Crippen molar-refractivity contribution in [3.8, 4) is 0 Å². The average Bonchev–Trinajstić information content (AvgIpc) is 2.71. The predicted octanol–water partition coefficient (Wildman–Crippen LogP) is 6.62. The Morgan fingerprint density at radius 2 is 1.83 bits per heavy atom. The summed E-state index contributed by atoms with van der Waals surface area (Å²) in [6, 6.07) is 5.73. The lowest BCUT2D eigenvalue weighted by Crippen LogP contribution is -2.42. The summed E-state index contributed by atoms with van der Waals surface area (Å²) < 4.78 is 41.4. The van der Waals surface area contributed by atoms with E-state index in [0.29, 0.717) is 30.7 Å². The first-order valence-electron chi connectivity index (χ1n) is 10.6. The lowest BCUT2D eigenvalue weighted by Gasteiger charge is -2.32. The third-order valence-electron chi connectivity index (χ3n) is 6.42. The van der Waals surface area contributed by atoms with Crippen LogP contribution in [0.25, 0.3) is 0 Å². The van der Waals surface area contributed by atoms with Gasteiger partial charge in [-0.2, -0.15) is 0 Å². The lowest BCUT2D eigenvalue weighted by molar-refractivity contribution is -0.175. The van der Waals surface area contributed by atoms with E-state index < -0.39 is 17.9 Å². The molecule has 2 atom stereocenters. The van der Waals surface area contributed by atoms with Gasteiger partial charge in [0.1, 0.15) is 0 Å². The molecule has 2 rings (SSSR count). The number of allylic oxidation sites excluding steroid dienone is 1. The van der Waals surface area contributed by atoms with Crippen molar-refractivity contribution in [2.75, 3.05) is 6.67 Å². The fourth-order valence-corrected chi connectivity index (χ4v) is 4.39. The van der Waals surface area contributed by atoms with Crippen LogP contribution in [0.3, 0.4) is 0 Å². The van der Waals surface area contributed by atoms with Crippen LogP contribution in [0.1, 0.15) is 80.6 Å². The number of alkyl halides is 3. The van der Waals surface area contributed by atoms with Gasteiger partial charge in [-0.05, 0) is 37.2 Å². The second kappa shape index (κ2) is 10.4. The SMILES string of the molecule is C=CCC(F)(F)[C@@](C)(O)c1ccc(C(=O)CCC(CCF)C2CCCCC2)cc1. The molecule has 2 nitrogen and oxygen atoms in total. The number of ketones is 1. The largest absolute Gasteiger partial charge is 0.379 e. The number of hydrogen-bond acceptors (Lipinski definition) is 2. The van der Waals surface area contributed by atoms with Crippen molar-refractivity contribution in [1.82, 2.24) is 0 Å². The number of benzene rings is 1. The Kier molecular flexibility index (Phi) is 8.50. The Hall–Kier alpha value is -1.62. The highest BCUT2D eigenvalue weighted by Gasteiger charge is 2.49. The van der Waals surface area contributed by atoms with Gasteiger partial charge in [0.15, 0.2) is 11.4 Å². The average molecular weight is 411 g/mol. The number of aliphatic hydroxyl groups is 1. The molecule has 1 aliphatic carbocycles. The summed E-state index contributed by atoms with van der Waals surface area (Å²) in [5, 5.41) is 10.3. The van der Waals surface area contributed by atoms with Crippen LogP contribution in [0.4, 0.5) is 13.2 Å². The van der Waals surface area contributed by atoms with E-state index in [0.717, 1.165) is 25.8 Å². The monoisotopic (exact) mass is 410 g/mol. The van der Waals surface area contributed by atoms with E-state index in [1.807, 2.05) is 0 Å². The van der Waals surface area contributed by atoms with Crippen LogP contribution in [0.5, 0.6) is 0 Å². The first-order valence-corrected chi connectivity index (χ1v) is 10.6. The van der Waals surface area contributed by atoms with E-state index in [2.05, 4.69) is 6.58 Å². The molecule has 1 saturated carbocycles. The maximum atomic E-state index is 14.2. The fraction of sp³-hybridized carbons (Fsp3) is 0.625. The minimum Gasteiger partial charge on any atom is -0.379 e. The summed E-state index contributed by atoms with van der Waals surface area (Å²) in [7, 11) is 0. The molecule has 1 fully saturated rings. The molecule has 0 saturated heterocycles. The van der Waals surface area contributed by atoms with E-state index in [-0.39, 0.29) is 23.9 Å². The first-order chi connectivity index (χ1) is 13.7. The summed E-state index contributed by atoms with van der Waals surface area (Å²) in [5.74, 6) is -2.72. The van der Waals surface area contributed by atoms with Gasteiger partial charge in [0.05, 0.1) is 6.67 Å². The number of halogens is 3. The van der Waals surface area contributed by atoms with Crippen molar-refractivity contribution in [3.63, 3.8) is 0 Å². The van der Waals surface area contributed by atoms with Gasteiger partial charge in [0, 0.05) is 18.4 Å². The van der Waals surface area contributed by atoms with E-state index in [1.54, 1.807) is 0 Å². The zero-order chi connectivity index (χ0) is 21.5.